The van der Waals surface area contributed by atoms with Gasteiger partial charge in [-0.25, -0.2) is 0 Å². The summed E-state index contributed by atoms with van der Waals surface area (Å²) in [4.78, 5) is 29.9. The van der Waals surface area contributed by atoms with E-state index in [2.05, 4.69) is 12.1 Å². The molecule has 2 unspecified atom stereocenters. The first kappa shape index (κ1) is 22.1. The first-order valence-electron chi connectivity index (χ1n) is 10.6. The molecule has 6 nitrogen and oxygen atoms in total. The Morgan fingerprint density at radius 2 is 1.90 bits per heavy atom. The van der Waals surface area contributed by atoms with E-state index in [1.807, 2.05) is 62.0 Å². The zero-order valence-electron chi connectivity index (χ0n) is 18.5. The van der Waals surface area contributed by atoms with Gasteiger partial charge in [0.25, 0.3) is 0 Å². The van der Waals surface area contributed by atoms with Gasteiger partial charge in [-0.1, -0.05) is 30.3 Å². The van der Waals surface area contributed by atoms with Crippen molar-refractivity contribution >= 4 is 11.8 Å². The Kier molecular flexibility index (Phi) is 7.32. The zero-order valence-corrected chi connectivity index (χ0v) is 18.5. The van der Waals surface area contributed by atoms with Crippen LogP contribution in [0.3, 0.4) is 0 Å². The number of hydrogen-bond donors (Lipinski definition) is 0. The van der Waals surface area contributed by atoms with Crippen molar-refractivity contribution < 1.29 is 14.3 Å². The highest BCUT2D eigenvalue weighted by atomic mass is 16.5. The fourth-order valence-corrected chi connectivity index (χ4v) is 3.86. The Morgan fingerprint density at radius 1 is 1.17 bits per heavy atom. The minimum atomic E-state index is -0.0489. The lowest BCUT2D eigenvalue weighted by Gasteiger charge is -2.30. The van der Waals surface area contributed by atoms with Gasteiger partial charge in [0.1, 0.15) is 0 Å². The molecular weight excluding hydrogens is 378 g/mol. The van der Waals surface area contributed by atoms with Gasteiger partial charge < -0.3 is 19.1 Å². The zero-order chi connectivity index (χ0) is 21.7. The van der Waals surface area contributed by atoms with Crippen molar-refractivity contribution in [3.63, 3.8) is 0 Å². The highest BCUT2D eigenvalue weighted by molar-refractivity contribution is 5.88. The summed E-state index contributed by atoms with van der Waals surface area (Å²) in [6, 6.07) is 14.1. The fraction of sp³-hybridized carbons (Fsp3) is 0.500. The van der Waals surface area contributed by atoms with Gasteiger partial charge in [0.05, 0.1) is 19.7 Å². The van der Waals surface area contributed by atoms with Crippen LogP contribution in [-0.4, -0.2) is 59.0 Å². The van der Waals surface area contributed by atoms with Gasteiger partial charge in [-0.15, -0.1) is 0 Å². The Hall–Kier alpha value is -2.60. The summed E-state index contributed by atoms with van der Waals surface area (Å²) < 4.78 is 7.21. The van der Waals surface area contributed by atoms with Crippen LogP contribution in [0.15, 0.2) is 48.7 Å². The number of amides is 2. The SMILES string of the molecule is COCCN(Cc1cccn1C)C(=O)CN(C(=O)C1CC1c1ccccc1)C(C)C. The number of aryl methyl sites for hydroxylation is 1. The molecule has 0 aliphatic heterocycles. The predicted octanol–water partition coefficient (Wildman–Crippen LogP) is 3.04. The van der Waals surface area contributed by atoms with E-state index in [-0.39, 0.29) is 36.2 Å². The topological polar surface area (TPSA) is 54.8 Å². The van der Waals surface area contributed by atoms with Crippen LogP contribution in [0.2, 0.25) is 0 Å². The summed E-state index contributed by atoms with van der Waals surface area (Å²) in [6.45, 7) is 5.51. The van der Waals surface area contributed by atoms with Gasteiger partial charge in [-0.3, -0.25) is 9.59 Å². The molecule has 2 aromatic rings. The maximum Gasteiger partial charge on any atom is 0.242 e. The Balaban J connectivity index is 1.67. The molecule has 1 fully saturated rings. The molecule has 0 spiro atoms. The lowest BCUT2D eigenvalue weighted by atomic mass is 10.1. The van der Waals surface area contributed by atoms with Crippen LogP contribution in [0.25, 0.3) is 0 Å². The van der Waals surface area contributed by atoms with Crippen molar-refractivity contribution in [2.45, 2.75) is 38.8 Å². The van der Waals surface area contributed by atoms with E-state index < -0.39 is 0 Å². The van der Waals surface area contributed by atoms with Gasteiger partial charge in [-0.05, 0) is 43.9 Å². The second-order valence-electron chi connectivity index (χ2n) is 8.34. The maximum atomic E-state index is 13.2. The average molecular weight is 412 g/mol. The van der Waals surface area contributed by atoms with Crippen molar-refractivity contribution in [1.82, 2.24) is 14.4 Å². The molecule has 0 radical (unpaired) electrons. The van der Waals surface area contributed by atoms with Crippen LogP contribution in [0.1, 0.15) is 37.4 Å². The van der Waals surface area contributed by atoms with Crippen LogP contribution < -0.4 is 0 Å². The van der Waals surface area contributed by atoms with Crippen molar-refractivity contribution in [2.75, 3.05) is 26.8 Å². The second kappa shape index (κ2) is 9.94. The van der Waals surface area contributed by atoms with E-state index in [1.165, 1.54) is 5.56 Å². The number of ether oxygens (including phenoxy) is 1. The molecule has 1 saturated carbocycles. The molecule has 0 bridgehead atoms. The number of benzene rings is 1. The van der Waals surface area contributed by atoms with Crippen molar-refractivity contribution in [2.24, 2.45) is 13.0 Å². The largest absolute Gasteiger partial charge is 0.383 e. The van der Waals surface area contributed by atoms with E-state index in [0.29, 0.717) is 19.7 Å². The van der Waals surface area contributed by atoms with Crippen LogP contribution in [0.4, 0.5) is 0 Å². The molecule has 1 aromatic carbocycles. The molecule has 0 N–H and O–H groups in total. The number of carbonyl (C=O) groups is 2. The summed E-state index contributed by atoms with van der Waals surface area (Å²) >= 11 is 0. The van der Waals surface area contributed by atoms with Crippen molar-refractivity contribution in [3.8, 4) is 0 Å². The smallest absolute Gasteiger partial charge is 0.242 e. The third-order valence-electron chi connectivity index (χ3n) is 5.87. The van der Waals surface area contributed by atoms with Gasteiger partial charge >= 0.3 is 0 Å². The third kappa shape index (κ3) is 5.30. The van der Waals surface area contributed by atoms with Gasteiger partial charge in [0, 0.05) is 44.6 Å². The van der Waals surface area contributed by atoms with E-state index in [9.17, 15) is 9.59 Å². The predicted molar refractivity (Wildman–Crippen MR) is 117 cm³/mol. The van der Waals surface area contributed by atoms with Gasteiger partial charge in [0.2, 0.25) is 11.8 Å². The van der Waals surface area contributed by atoms with Crippen molar-refractivity contribution in [1.29, 1.82) is 0 Å². The standard InChI is InChI=1S/C24H33N3O3/c1-18(2)27(24(29)22-15-21(22)19-9-6-5-7-10-19)17-23(28)26(13-14-30-4)16-20-11-8-12-25(20)3/h5-12,18,21-22H,13-17H2,1-4H3. The molecule has 6 heteroatoms. The van der Waals surface area contributed by atoms with Crippen LogP contribution in [0.5, 0.6) is 0 Å². The number of nitrogens with zero attached hydrogens (tertiary/aromatic N) is 3. The van der Waals surface area contributed by atoms with Crippen LogP contribution >= 0.6 is 0 Å². The summed E-state index contributed by atoms with van der Waals surface area (Å²) in [6.07, 6.45) is 2.83. The van der Waals surface area contributed by atoms with Crippen LogP contribution in [-0.2, 0) is 27.9 Å². The number of carbonyl (C=O) groups excluding carboxylic acids is 2. The first-order valence-corrected chi connectivity index (χ1v) is 10.6. The molecule has 1 aliphatic carbocycles. The third-order valence-corrected chi connectivity index (χ3v) is 5.87. The summed E-state index contributed by atoms with van der Waals surface area (Å²) in [5.74, 6) is 0.274. The Morgan fingerprint density at radius 3 is 2.50 bits per heavy atom. The number of rotatable bonds is 10. The normalized spacial score (nSPS) is 17.8. The molecular formula is C24H33N3O3. The highest BCUT2D eigenvalue weighted by Crippen LogP contribution is 2.48. The summed E-state index contributed by atoms with van der Waals surface area (Å²) in [5, 5.41) is 0. The van der Waals surface area contributed by atoms with E-state index in [4.69, 9.17) is 4.74 Å². The van der Waals surface area contributed by atoms with Gasteiger partial charge in [-0.2, -0.15) is 0 Å². The van der Waals surface area contributed by atoms with Crippen LogP contribution in [0, 0.1) is 5.92 Å². The lowest BCUT2D eigenvalue weighted by Crippen LogP contribution is -2.47. The molecule has 2 amide bonds. The van der Waals surface area contributed by atoms with Crippen molar-refractivity contribution in [3.05, 3.63) is 59.9 Å². The minimum Gasteiger partial charge on any atom is -0.383 e. The molecule has 0 saturated heterocycles. The molecule has 162 valence electrons. The highest BCUT2D eigenvalue weighted by Gasteiger charge is 2.46. The fourth-order valence-electron chi connectivity index (χ4n) is 3.86. The quantitative estimate of drug-likeness (QED) is 0.604. The van der Waals surface area contributed by atoms with E-state index in [1.54, 1.807) is 16.9 Å². The Labute approximate surface area is 179 Å². The molecule has 1 aromatic heterocycles. The Bertz CT molecular complexity index is 846. The van der Waals surface area contributed by atoms with Gasteiger partial charge in [0.15, 0.2) is 0 Å². The number of methoxy groups -OCH3 is 1. The summed E-state index contributed by atoms with van der Waals surface area (Å²) in [5.41, 5.74) is 2.25. The second-order valence-corrected chi connectivity index (χ2v) is 8.34. The minimum absolute atomic E-state index is 0.0251. The lowest BCUT2D eigenvalue weighted by molar-refractivity contribution is -0.143. The summed E-state index contributed by atoms with van der Waals surface area (Å²) in [7, 11) is 3.60. The monoisotopic (exact) mass is 411 g/mol. The first-order chi connectivity index (χ1) is 14.4. The average Bonchev–Trinajstić information content (AvgIpc) is 3.45. The molecule has 1 aliphatic rings. The maximum absolute atomic E-state index is 13.2. The number of aromatic nitrogens is 1. The molecule has 2 atom stereocenters. The number of hydrogen-bond acceptors (Lipinski definition) is 3. The molecule has 3 rings (SSSR count). The van der Waals surface area contributed by atoms with E-state index in [0.717, 1.165) is 12.1 Å². The molecule has 1 heterocycles. The van der Waals surface area contributed by atoms with E-state index >= 15 is 0 Å². The molecule has 30 heavy (non-hydrogen) atoms.